The van der Waals surface area contributed by atoms with Crippen LogP contribution in [0.5, 0.6) is 0 Å². The molecule has 0 aliphatic carbocycles. The third kappa shape index (κ3) is 3.48. The molecule has 0 unspecified atom stereocenters. The Kier molecular flexibility index (Phi) is 5.52. The molecule has 0 aliphatic heterocycles. The molecule has 0 fully saturated rings. The van der Waals surface area contributed by atoms with Gasteiger partial charge in [0.05, 0.1) is 5.69 Å². The first-order valence-electron chi connectivity index (χ1n) is 6.96. The zero-order valence-electron chi connectivity index (χ0n) is 11.8. The van der Waals surface area contributed by atoms with Crippen molar-refractivity contribution in [3.05, 3.63) is 11.5 Å². The molecule has 0 bridgehead atoms. The molecule has 0 saturated carbocycles. The van der Waals surface area contributed by atoms with Crippen molar-refractivity contribution in [2.24, 2.45) is 0 Å². The number of hydrogen-bond donors (Lipinski definition) is 1. The zero-order chi connectivity index (χ0) is 12.8. The maximum absolute atomic E-state index is 6.17. The van der Waals surface area contributed by atoms with Crippen LogP contribution in [-0.2, 0) is 13.0 Å². The Morgan fingerprint density at radius 2 is 1.88 bits per heavy atom. The first-order chi connectivity index (χ1) is 8.11. The van der Waals surface area contributed by atoms with Gasteiger partial charge in [0, 0.05) is 12.5 Å². The van der Waals surface area contributed by atoms with Crippen LogP contribution in [-0.4, -0.2) is 9.55 Å². The molecule has 1 aromatic heterocycles. The lowest BCUT2D eigenvalue weighted by Crippen LogP contribution is -2.06. The summed E-state index contributed by atoms with van der Waals surface area (Å²) in [6, 6.07) is 0. The number of nitrogens with zero attached hydrogens (tertiary/aromatic N) is 2. The van der Waals surface area contributed by atoms with Crippen LogP contribution in [0.1, 0.15) is 70.8 Å². The second kappa shape index (κ2) is 6.67. The number of nitrogens with two attached hydrogens (primary N) is 1. The number of hydrogen-bond acceptors (Lipinski definition) is 2. The highest BCUT2D eigenvalue weighted by Crippen LogP contribution is 2.22. The SMILES string of the molecule is CCCCCCc1nc(C(C)C)n(CC)c1N. The van der Waals surface area contributed by atoms with Gasteiger partial charge in [0.15, 0.2) is 0 Å². The molecule has 1 heterocycles. The molecule has 3 nitrogen and oxygen atoms in total. The molecule has 1 aromatic rings. The van der Waals surface area contributed by atoms with E-state index >= 15 is 0 Å². The van der Waals surface area contributed by atoms with Gasteiger partial charge in [0.2, 0.25) is 0 Å². The van der Waals surface area contributed by atoms with Crippen LogP contribution >= 0.6 is 0 Å². The predicted molar refractivity (Wildman–Crippen MR) is 74.2 cm³/mol. The molecule has 0 amide bonds. The number of unbranched alkanes of at least 4 members (excludes halogenated alkanes) is 3. The van der Waals surface area contributed by atoms with E-state index in [2.05, 4.69) is 32.3 Å². The Hall–Kier alpha value is -0.990. The first-order valence-corrected chi connectivity index (χ1v) is 6.96. The Labute approximate surface area is 105 Å². The fourth-order valence-electron chi connectivity index (χ4n) is 2.21. The lowest BCUT2D eigenvalue weighted by Gasteiger charge is -2.08. The van der Waals surface area contributed by atoms with Gasteiger partial charge in [-0.2, -0.15) is 0 Å². The van der Waals surface area contributed by atoms with Gasteiger partial charge in [-0.15, -0.1) is 0 Å². The van der Waals surface area contributed by atoms with Gasteiger partial charge in [-0.05, 0) is 19.8 Å². The summed E-state index contributed by atoms with van der Waals surface area (Å²) in [6.07, 6.45) is 6.10. The summed E-state index contributed by atoms with van der Waals surface area (Å²) in [5.41, 5.74) is 7.27. The Bertz CT molecular complexity index is 339. The molecule has 0 saturated heterocycles. The maximum atomic E-state index is 6.17. The van der Waals surface area contributed by atoms with Gasteiger partial charge >= 0.3 is 0 Å². The maximum Gasteiger partial charge on any atom is 0.126 e. The summed E-state index contributed by atoms with van der Waals surface area (Å²) in [5, 5.41) is 0. The van der Waals surface area contributed by atoms with Gasteiger partial charge < -0.3 is 10.3 Å². The number of aromatic nitrogens is 2. The number of nitrogen functional groups attached to an aromatic ring is 1. The molecule has 3 heteroatoms. The van der Waals surface area contributed by atoms with Gasteiger partial charge in [0.25, 0.3) is 0 Å². The highest BCUT2D eigenvalue weighted by molar-refractivity contribution is 5.39. The van der Waals surface area contributed by atoms with Crippen molar-refractivity contribution >= 4 is 5.82 Å². The number of anilines is 1. The van der Waals surface area contributed by atoms with Crippen molar-refractivity contribution in [2.45, 2.75) is 72.3 Å². The molecular weight excluding hydrogens is 210 g/mol. The van der Waals surface area contributed by atoms with E-state index in [0.29, 0.717) is 5.92 Å². The molecule has 0 radical (unpaired) electrons. The summed E-state index contributed by atoms with van der Waals surface area (Å²) in [5.74, 6) is 2.46. The van der Waals surface area contributed by atoms with Gasteiger partial charge in [-0.3, -0.25) is 0 Å². The van der Waals surface area contributed by atoms with E-state index in [4.69, 9.17) is 10.7 Å². The smallest absolute Gasteiger partial charge is 0.126 e. The van der Waals surface area contributed by atoms with E-state index in [-0.39, 0.29) is 0 Å². The van der Waals surface area contributed by atoms with Crippen molar-refractivity contribution < 1.29 is 0 Å². The van der Waals surface area contributed by atoms with E-state index in [0.717, 1.165) is 30.3 Å². The second-order valence-corrected chi connectivity index (χ2v) is 5.01. The minimum atomic E-state index is 0.446. The second-order valence-electron chi connectivity index (χ2n) is 5.01. The molecule has 0 aliphatic rings. The fraction of sp³-hybridized carbons (Fsp3) is 0.786. The number of imidazole rings is 1. The lowest BCUT2D eigenvalue weighted by molar-refractivity contribution is 0.654. The standard InChI is InChI=1S/C14H27N3/c1-5-7-8-9-10-12-13(15)17(6-2)14(16-12)11(3)4/h11H,5-10,15H2,1-4H3. The normalized spacial score (nSPS) is 11.4. The third-order valence-electron chi connectivity index (χ3n) is 3.21. The molecule has 1 rings (SSSR count). The fourth-order valence-corrected chi connectivity index (χ4v) is 2.21. The van der Waals surface area contributed by atoms with Crippen LogP contribution < -0.4 is 5.73 Å². The number of rotatable bonds is 7. The Balaban J connectivity index is 2.72. The molecule has 98 valence electrons. The van der Waals surface area contributed by atoms with Crippen LogP contribution in [0.4, 0.5) is 5.82 Å². The summed E-state index contributed by atoms with van der Waals surface area (Å²) >= 11 is 0. The van der Waals surface area contributed by atoms with Crippen molar-refractivity contribution in [3.8, 4) is 0 Å². The quantitative estimate of drug-likeness (QED) is 0.734. The molecule has 0 atom stereocenters. The monoisotopic (exact) mass is 237 g/mol. The average Bonchev–Trinajstić information content (AvgIpc) is 2.62. The van der Waals surface area contributed by atoms with E-state index in [1.165, 1.54) is 25.7 Å². The zero-order valence-corrected chi connectivity index (χ0v) is 11.8. The highest BCUT2D eigenvalue weighted by Gasteiger charge is 2.15. The molecule has 0 spiro atoms. The van der Waals surface area contributed by atoms with Crippen molar-refractivity contribution in [3.63, 3.8) is 0 Å². The van der Waals surface area contributed by atoms with E-state index < -0.39 is 0 Å². The average molecular weight is 237 g/mol. The number of aryl methyl sites for hydroxylation is 1. The summed E-state index contributed by atoms with van der Waals surface area (Å²) in [7, 11) is 0. The van der Waals surface area contributed by atoms with Gasteiger partial charge in [-0.1, -0.05) is 40.0 Å². The van der Waals surface area contributed by atoms with Crippen LogP contribution in [0.25, 0.3) is 0 Å². The predicted octanol–water partition coefficient (Wildman–Crippen LogP) is 3.73. The minimum Gasteiger partial charge on any atom is -0.384 e. The largest absolute Gasteiger partial charge is 0.384 e. The summed E-state index contributed by atoms with van der Waals surface area (Å²) < 4.78 is 2.15. The molecule has 2 N–H and O–H groups in total. The van der Waals surface area contributed by atoms with Crippen molar-refractivity contribution in [1.29, 1.82) is 0 Å². The first kappa shape index (κ1) is 14.1. The summed E-state index contributed by atoms with van der Waals surface area (Å²) in [6.45, 7) is 9.63. The summed E-state index contributed by atoms with van der Waals surface area (Å²) in [4.78, 5) is 4.72. The lowest BCUT2D eigenvalue weighted by atomic mass is 10.1. The van der Waals surface area contributed by atoms with E-state index in [9.17, 15) is 0 Å². The highest BCUT2D eigenvalue weighted by atomic mass is 15.1. The van der Waals surface area contributed by atoms with E-state index in [1.807, 2.05) is 0 Å². The molecular formula is C14H27N3. The van der Waals surface area contributed by atoms with Gasteiger partial charge in [0.1, 0.15) is 11.6 Å². The van der Waals surface area contributed by atoms with E-state index in [1.54, 1.807) is 0 Å². The topological polar surface area (TPSA) is 43.8 Å². The molecule has 17 heavy (non-hydrogen) atoms. The van der Waals surface area contributed by atoms with Gasteiger partial charge in [-0.25, -0.2) is 4.98 Å². The van der Waals surface area contributed by atoms with Crippen LogP contribution in [0.15, 0.2) is 0 Å². The van der Waals surface area contributed by atoms with Crippen molar-refractivity contribution in [1.82, 2.24) is 9.55 Å². The van der Waals surface area contributed by atoms with Crippen molar-refractivity contribution in [2.75, 3.05) is 5.73 Å². The van der Waals surface area contributed by atoms with Crippen LogP contribution in [0.3, 0.4) is 0 Å². The van der Waals surface area contributed by atoms with Crippen LogP contribution in [0.2, 0.25) is 0 Å². The Morgan fingerprint density at radius 1 is 1.18 bits per heavy atom. The third-order valence-corrected chi connectivity index (χ3v) is 3.21. The minimum absolute atomic E-state index is 0.446. The van der Waals surface area contributed by atoms with Crippen LogP contribution in [0, 0.1) is 0 Å². The molecule has 0 aromatic carbocycles. The Morgan fingerprint density at radius 3 is 2.35 bits per heavy atom.